The molecule has 2 bridgehead atoms. The van der Waals surface area contributed by atoms with Gasteiger partial charge in [0.05, 0.1) is 11.4 Å². The predicted molar refractivity (Wildman–Crippen MR) is 85.2 cm³/mol. The first-order chi connectivity index (χ1) is 10.5. The molecule has 0 spiro atoms. The average molecular weight is 296 g/mol. The Hall–Kier alpha value is -1.77. The first-order valence-electron chi connectivity index (χ1n) is 8.14. The Balaban J connectivity index is 1.90. The van der Waals surface area contributed by atoms with Crippen LogP contribution in [-0.4, -0.2) is 10.2 Å². The molecule has 0 unspecified atom stereocenters. The van der Waals surface area contributed by atoms with E-state index >= 15 is 0 Å². The number of aromatic nitrogens is 2. The normalized spacial score (nSPS) is 27.9. The summed E-state index contributed by atoms with van der Waals surface area (Å²) in [6, 6.07) is 8.89. The molecule has 4 rings (SSSR count). The highest BCUT2D eigenvalue weighted by atomic mass is 19.1. The van der Waals surface area contributed by atoms with E-state index < -0.39 is 0 Å². The minimum absolute atomic E-state index is 0.147. The number of nitrogens with zero attached hydrogens (tertiary/aromatic N) is 2. The first kappa shape index (κ1) is 13.9. The second-order valence-electron chi connectivity index (χ2n) is 7.26. The van der Waals surface area contributed by atoms with E-state index in [4.69, 9.17) is 0 Å². The Labute approximate surface area is 130 Å². The molecule has 114 valence electrons. The Morgan fingerprint density at radius 3 is 2.73 bits per heavy atom. The van der Waals surface area contributed by atoms with Gasteiger partial charge in [0.1, 0.15) is 5.82 Å². The van der Waals surface area contributed by atoms with Crippen molar-refractivity contribution < 1.29 is 4.39 Å². The van der Waals surface area contributed by atoms with Gasteiger partial charge in [0.25, 0.3) is 0 Å². The van der Waals surface area contributed by atoms with Crippen molar-refractivity contribution in [3.05, 3.63) is 47.4 Å². The zero-order chi connectivity index (χ0) is 15.5. The van der Waals surface area contributed by atoms with Gasteiger partial charge in [-0.2, -0.15) is 10.2 Å². The summed E-state index contributed by atoms with van der Waals surface area (Å²) in [7, 11) is 0. The zero-order valence-electron chi connectivity index (χ0n) is 13.4. The number of rotatable bonds is 2. The standard InChI is InChI=1S/C19H21FN2/c1-4-19-10-9-14(18(19,2)3)13-11-16(21-22-17(13)19)12-7-5-6-8-15(12)20/h5-8,11,14H,4,9-10H2,1-3H3/t14-,19+/m1/s1. The molecule has 1 saturated carbocycles. The molecular weight excluding hydrogens is 275 g/mol. The van der Waals surface area contributed by atoms with Crippen molar-refractivity contribution in [2.24, 2.45) is 5.41 Å². The van der Waals surface area contributed by atoms with Crippen LogP contribution in [0.5, 0.6) is 0 Å². The SMILES string of the molecule is CC[C@]12CC[C@H](c3cc(-c4ccccc4F)nnc31)C2(C)C. The molecule has 2 aliphatic carbocycles. The Morgan fingerprint density at radius 2 is 2.00 bits per heavy atom. The van der Waals surface area contributed by atoms with E-state index in [-0.39, 0.29) is 16.6 Å². The van der Waals surface area contributed by atoms with Gasteiger partial charge in [-0.1, -0.05) is 32.9 Å². The van der Waals surface area contributed by atoms with Crippen LogP contribution in [0.2, 0.25) is 0 Å². The van der Waals surface area contributed by atoms with Crippen molar-refractivity contribution >= 4 is 0 Å². The largest absolute Gasteiger partial charge is 0.206 e. The van der Waals surface area contributed by atoms with Gasteiger partial charge in [-0.05, 0) is 54.4 Å². The molecule has 1 aromatic carbocycles. The van der Waals surface area contributed by atoms with Crippen molar-refractivity contribution in [1.29, 1.82) is 0 Å². The average Bonchev–Trinajstić information content (AvgIpc) is 2.89. The summed E-state index contributed by atoms with van der Waals surface area (Å²) >= 11 is 0. The molecule has 0 radical (unpaired) electrons. The van der Waals surface area contributed by atoms with E-state index in [0.717, 1.165) is 12.1 Å². The molecule has 0 N–H and O–H groups in total. The second-order valence-corrected chi connectivity index (χ2v) is 7.26. The zero-order valence-corrected chi connectivity index (χ0v) is 13.4. The number of fused-ring (bicyclic) bond motifs is 5. The summed E-state index contributed by atoms with van der Waals surface area (Å²) < 4.78 is 14.0. The second kappa shape index (κ2) is 4.37. The minimum atomic E-state index is -0.232. The summed E-state index contributed by atoms with van der Waals surface area (Å²) in [6.07, 6.45) is 3.50. The molecule has 2 atom stereocenters. The minimum Gasteiger partial charge on any atom is -0.206 e. The maximum absolute atomic E-state index is 14.0. The molecule has 2 aliphatic rings. The van der Waals surface area contributed by atoms with Crippen LogP contribution in [0.15, 0.2) is 30.3 Å². The van der Waals surface area contributed by atoms with Gasteiger partial charge in [0.2, 0.25) is 0 Å². The Kier molecular flexibility index (Phi) is 2.76. The Morgan fingerprint density at radius 1 is 1.23 bits per heavy atom. The molecule has 1 heterocycles. The van der Waals surface area contributed by atoms with E-state index in [9.17, 15) is 4.39 Å². The molecule has 2 aromatic rings. The third-order valence-electron chi connectivity index (χ3n) is 6.37. The monoisotopic (exact) mass is 296 g/mol. The van der Waals surface area contributed by atoms with Crippen LogP contribution in [0, 0.1) is 11.2 Å². The molecule has 22 heavy (non-hydrogen) atoms. The van der Waals surface area contributed by atoms with E-state index in [1.807, 2.05) is 6.07 Å². The molecule has 3 heteroatoms. The summed E-state index contributed by atoms with van der Waals surface area (Å²) in [5, 5.41) is 8.95. The van der Waals surface area contributed by atoms with Gasteiger partial charge in [-0.15, -0.1) is 0 Å². The fourth-order valence-corrected chi connectivity index (χ4v) is 5.02. The lowest BCUT2D eigenvalue weighted by atomic mass is 9.67. The fraction of sp³-hybridized carbons (Fsp3) is 0.474. The van der Waals surface area contributed by atoms with Gasteiger partial charge in [0, 0.05) is 11.0 Å². The van der Waals surface area contributed by atoms with Gasteiger partial charge < -0.3 is 0 Å². The smallest absolute Gasteiger partial charge is 0.132 e. The summed E-state index contributed by atoms with van der Waals surface area (Å²) in [4.78, 5) is 0. The van der Waals surface area contributed by atoms with Crippen LogP contribution in [0.4, 0.5) is 4.39 Å². The van der Waals surface area contributed by atoms with Crippen LogP contribution < -0.4 is 0 Å². The lowest BCUT2D eigenvalue weighted by Crippen LogP contribution is -2.34. The number of halogens is 1. The van der Waals surface area contributed by atoms with Crippen molar-refractivity contribution in [2.45, 2.75) is 51.4 Å². The molecular formula is C19H21FN2. The van der Waals surface area contributed by atoms with Crippen molar-refractivity contribution in [3.63, 3.8) is 0 Å². The number of hydrogen-bond donors (Lipinski definition) is 0. The van der Waals surface area contributed by atoms with Gasteiger partial charge in [-0.25, -0.2) is 4.39 Å². The van der Waals surface area contributed by atoms with Gasteiger partial charge >= 0.3 is 0 Å². The summed E-state index contributed by atoms with van der Waals surface area (Å²) in [6.45, 7) is 6.98. The maximum atomic E-state index is 14.0. The number of hydrogen-bond acceptors (Lipinski definition) is 2. The molecule has 1 fully saturated rings. The first-order valence-corrected chi connectivity index (χ1v) is 8.14. The molecule has 0 amide bonds. The van der Waals surface area contributed by atoms with Crippen LogP contribution in [0.3, 0.4) is 0 Å². The van der Waals surface area contributed by atoms with Gasteiger partial charge in [0.15, 0.2) is 0 Å². The molecule has 1 aromatic heterocycles. The van der Waals surface area contributed by atoms with Crippen LogP contribution in [-0.2, 0) is 5.41 Å². The van der Waals surface area contributed by atoms with Crippen molar-refractivity contribution in [1.82, 2.24) is 10.2 Å². The quantitative estimate of drug-likeness (QED) is 0.792. The molecule has 0 saturated heterocycles. The van der Waals surface area contributed by atoms with Gasteiger partial charge in [-0.3, -0.25) is 0 Å². The summed E-state index contributed by atoms with van der Waals surface area (Å²) in [5.41, 5.74) is 4.03. The fourth-order valence-electron chi connectivity index (χ4n) is 5.02. The van der Waals surface area contributed by atoms with Crippen molar-refractivity contribution in [3.8, 4) is 11.3 Å². The highest BCUT2D eigenvalue weighted by Crippen LogP contribution is 2.68. The van der Waals surface area contributed by atoms with E-state index in [1.165, 1.54) is 24.5 Å². The van der Waals surface area contributed by atoms with E-state index in [0.29, 0.717) is 17.2 Å². The van der Waals surface area contributed by atoms with Crippen molar-refractivity contribution in [2.75, 3.05) is 0 Å². The maximum Gasteiger partial charge on any atom is 0.132 e. The molecule has 2 nitrogen and oxygen atoms in total. The predicted octanol–water partition coefficient (Wildman–Crippen LogP) is 4.85. The highest BCUT2D eigenvalue weighted by molar-refractivity contribution is 5.62. The van der Waals surface area contributed by atoms with Crippen LogP contribution in [0.25, 0.3) is 11.3 Å². The number of benzene rings is 1. The third kappa shape index (κ3) is 1.49. The lowest BCUT2D eigenvalue weighted by molar-refractivity contribution is 0.198. The van der Waals surface area contributed by atoms with E-state index in [1.54, 1.807) is 12.1 Å². The highest BCUT2D eigenvalue weighted by Gasteiger charge is 2.62. The topological polar surface area (TPSA) is 25.8 Å². The summed E-state index contributed by atoms with van der Waals surface area (Å²) in [5.74, 6) is 0.285. The van der Waals surface area contributed by atoms with E-state index in [2.05, 4.69) is 37.0 Å². The Bertz CT molecular complexity index is 753. The third-order valence-corrected chi connectivity index (χ3v) is 6.37. The van der Waals surface area contributed by atoms with Crippen LogP contribution >= 0.6 is 0 Å². The molecule has 0 aliphatic heterocycles. The lowest BCUT2D eigenvalue weighted by Gasteiger charge is -2.37. The van der Waals surface area contributed by atoms with Crippen LogP contribution in [0.1, 0.15) is 57.2 Å².